The Morgan fingerprint density at radius 2 is 1.91 bits per heavy atom. The first kappa shape index (κ1) is 22.1. The summed E-state index contributed by atoms with van der Waals surface area (Å²) in [6.07, 6.45) is 5.83. The zero-order valence-electron chi connectivity index (χ0n) is 18.5. The molecule has 3 aliphatic rings. The van der Waals surface area contributed by atoms with Crippen LogP contribution in [0.3, 0.4) is 0 Å². The topological polar surface area (TPSA) is 83.5 Å². The second-order valence-electron chi connectivity index (χ2n) is 7.96. The van der Waals surface area contributed by atoms with Gasteiger partial charge >= 0.3 is 5.97 Å². The quantitative estimate of drug-likeness (QED) is 0.475. The number of rotatable bonds is 6. The molecule has 0 amide bonds. The Bertz CT molecular complexity index is 1290. The van der Waals surface area contributed by atoms with Crippen molar-refractivity contribution < 1.29 is 33.9 Å². The van der Waals surface area contributed by atoms with Gasteiger partial charge in [0.2, 0.25) is 0 Å². The normalized spacial score (nSPS) is 21.1. The van der Waals surface area contributed by atoms with Crippen molar-refractivity contribution in [3.8, 4) is 11.5 Å². The lowest BCUT2D eigenvalue weighted by Gasteiger charge is -2.26. The van der Waals surface area contributed by atoms with E-state index in [-0.39, 0.29) is 12.0 Å². The van der Waals surface area contributed by atoms with E-state index in [1.54, 1.807) is 49.6 Å². The molecule has 8 heteroatoms. The van der Waals surface area contributed by atoms with Gasteiger partial charge in [-0.15, -0.1) is 0 Å². The van der Waals surface area contributed by atoms with Crippen molar-refractivity contribution in [1.82, 2.24) is 0 Å². The summed E-state index contributed by atoms with van der Waals surface area (Å²) in [6, 6.07) is 12.0. The van der Waals surface area contributed by atoms with Gasteiger partial charge in [-0.25, -0.2) is 4.79 Å². The van der Waals surface area contributed by atoms with Crippen LogP contribution in [-0.4, -0.2) is 25.3 Å². The number of fused-ring (bicyclic) bond motifs is 1. The molecule has 0 aromatic heterocycles. The fourth-order valence-electron chi connectivity index (χ4n) is 4.22. The summed E-state index contributed by atoms with van der Waals surface area (Å²) < 4.78 is 16.1. The highest BCUT2D eigenvalue weighted by Crippen LogP contribution is 2.45. The molecule has 2 aromatic carbocycles. The fraction of sp³-hybridized carbons (Fsp3) is 0.192. The second-order valence-corrected chi connectivity index (χ2v) is 8.36. The Morgan fingerprint density at radius 3 is 2.62 bits per heavy atom. The molecule has 1 aliphatic carbocycles. The SMILES string of the molecule is COc1ccc(C2(O)OC(=O)C(C3=CCC4=COOC4=C3)=C2Cc2ccc(OC)c(Cl)c2)cc1. The van der Waals surface area contributed by atoms with E-state index in [0.29, 0.717) is 45.4 Å². The van der Waals surface area contributed by atoms with Crippen LogP contribution in [0.15, 0.2) is 88.9 Å². The summed E-state index contributed by atoms with van der Waals surface area (Å²) in [6.45, 7) is 0. The zero-order valence-corrected chi connectivity index (χ0v) is 19.2. The molecule has 1 unspecified atom stereocenters. The number of benzene rings is 2. The number of halogens is 1. The minimum Gasteiger partial charge on any atom is -0.497 e. The van der Waals surface area contributed by atoms with E-state index in [1.807, 2.05) is 12.1 Å². The third-order valence-electron chi connectivity index (χ3n) is 6.00. The molecule has 2 aliphatic heterocycles. The zero-order chi connectivity index (χ0) is 23.9. The van der Waals surface area contributed by atoms with Crippen LogP contribution >= 0.6 is 11.6 Å². The van der Waals surface area contributed by atoms with E-state index >= 15 is 0 Å². The van der Waals surface area contributed by atoms with Gasteiger partial charge in [0.1, 0.15) is 17.8 Å². The molecule has 0 fully saturated rings. The third kappa shape index (κ3) is 3.73. The Kier molecular flexibility index (Phi) is 5.59. The number of hydrogen-bond acceptors (Lipinski definition) is 7. The van der Waals surface area contributed by atoms with Gasteiger partial charge in [0.15, 0.2) is 5.76 Å². The van der Waals surface area contributed by atoms with Gasteiger partial charge in [-0.3, -0.25) is 9.78 Å². The summed E-state index contributed by atoms with van der Waals surface area (Å²) in [5, 5.41) is 12.2. The number of carbonyl (C=O) groups excluding carboxylic acids is 1. The molecule has 1 atom stereocenters. The molecule has 0 saturated carbocycles. The van der Waals surface area contributed by atoms with Gasteiger partial charge in [0.05, 0.1) is 24.8 Å². The first-order valence-corrected chi connectivity index (χ1v) is 10.9. The van der Waals surface area contributed by atoms with Gasteiger partial charge in [0.25, 0.3) is 5.79 Å². The number of aliphatic hydroxyl groups is 1. The van der Waals surface area contributed by atoms with Gasteiger partial charge in [-0.05, 0) is 60.0 Å². The number of ether oxygens (including phenoxy) is 3. The van der Waals surface area contributed by atoms with Crippen molar-refractivity contribution >= 4 is 17.6 Å². The molecule has 5 rings (SSSR count). The molecule has 0 bridgehead atoms. The maximum absolute atomic E-state index is 13.2. The molecule has 0 saturated heterocycles. The van der Waals surface area contributed by atoms with Crippen LogP contribution in [0.4, 0.5) is 0 Å². The minimum atomic E-state index is -1.98. The van der Waals surface area contributed by atoms with Crippen LogP contribution in [0.5, 0.6) is 11.5 Å². The molecule has 0 spiro atoms. The second kappa shape index (κ2) is 8.59. The minimum absolute atomic E-state index is 0.202. The highest BCUT2D eigenvalue weighted by molar-refractivity contribution is 6.32. The molecule has 174 valence electrons. The highest BCUT2D eigenvalue weighted by Gasteiger charge is 2.48. The summed E-state index contributed by atoms with van der Waals surface area (Å²) in [7, 11) is 3.09. The van der Waals surface area contributed by atoms with E-state index in [2.05, 4.69) is 0 Å². The third-order valence-corrected chi connectivity index (χ3v) is 6.29. The van der Waals surface area contributed by atoms with Crippen molar-refractivity contribution in [3.63, 3.8) is 0 Å². The summed E-state index contributed by atoms with van der Waals surface area (Å²) >= 11 is 6.34. The van der Waals surface area contributed by atoms with Crippen LogP contribution in [0.1, 0.15) is 17.5 Å². The highest BCUT2D eigenvalue weighted by atomic mass is 35.5. The summed E-state index contributed by atoms with van der Waals surface area (Å²) in [4.78, 5) is 23.3. The predicted octanol–water partition coefficient (Wildman–Crippen LogP) is 4.66. The lowest BCUT2D eigenvalue weighted by molar-refractivity contribution is -0.192. The van der Waals surface area contributed by atoms with Crippen LogP contribution in [0, 0.1) is 0 Å². The summed E-state index contributed by atoms with van der Waals surface area (Å²) in [5.41, 5.74) is 3.28. The van der Waals surface area contributed by atoms with Gasteiger partial charge in [0, 0.05) is 23.1 Å². The largest absolute Gasteiger partial charge is 0.497 e. The lowest BCUT2D eigenvalue weighted by Crippen LogP contribution is -2.29. The van der Waals surface area contributed by atoms with E-state index < -0.39 is 11.8 Å². The number of cyclic esters (lactones) is 1. The molecule has 1 N–H and O–H groups in total. The van der Waals surface area contributed by atoms with E-state index in [0.717, 1.165) is 11.1 Å². The van der Waals surface area contributed by atoms with Crippen molar-refractivity contribution in [2.75, 3.05) is 14.2 Å². The predicted molar refractivity (Wildman–Crippen MR) is 123 cm³/mol. The van der Waals surface area contributed by atoms with Crippen molar-refractivity contribution in [2.24, 2.45) is 0 Å². The molecule has 2 heterocycles. The standard InChI is InChI=1S/C26H21ClO7/c1-30-19-8-6-18(7-9-19)26(29)20(11-15-3-10-22(31-2)21(27)12-15)24(25(28)33-26)16-4-5-17-14-32-34-23(17)13-16/h3-4,6-10,12-14,29H,5,11H2,1-2H3. The molecule has 2 aromatic rings. The van der Waals surface area contributed by atoms with Crippen molar-refractivity contribution in [2.45, 2.75) is 18.6 Å². The molecular formula is C26H21ClO7. The molecule has 0 radical (unpaired) electrons. The number of hydrogen-bond donors (Lipinski definition) is 1. The Morgan fingerprint density at radius 1 is 1.12 bits per heavy atom. The number of methoxy groups -OCH3 is 2. The molecule has 7 nitrogen and oxygen atoms in total. The maximum atomic E-state index is 13.2. The van der Waals surface area contributed by atoms with Gasteiger partial charge in [-0.2, -0.15) is 0 Å². The first-order chi connectivity index (χ1) is 16.4. The molecular weight excluding hydrogens is 460 g/mol. The van der Waals surface area contributed by atoms with Crippen LogP contribution in [0.25, 0.3) is 0 Å². The summed E-state index contributed by atoms with van der Waals surface area (Å²) in [5.74, 6) is -0.956. The Labute approximate surface area is 201 Å². The average molecular weight is 481 g/mol. The van der Waals surface area contributed by atoms with E-state index in [1.165, 1.54) is 13.4 Å². The Hall–Kier alpha value is -3.68. The lowest BCUT2D eigenvalue weighted by atomic mass is 9.86. The average Bonchev–Trinajstić information content (AvgIpc) is 3.41. The number of esters is 1. The number of carbonyl (C=O) groups is 1. The monoisotopic (exact) mass is 480 g/mol. The molecule has 34 heavy (non-hydrogen) atoms. The van der Waals surface area contributed by atoms with Crippen LogP contribution < -0.4 is 9.47 Å². The van der Waals surface area contributed by atoms with E-state index in [4.69, 9.17) is 35.6 Å². The van der Waals surface area contributed by atoms with Crippen LogP contribution in [0.2, 0.25) is 5.02 Å². The smallest absolute Gasteiger partial charge is 0.341 e. The van der Waals surface area contributed by atoms with Crippen molar-refractivity contribution in [1.29, 1.82) is 0 Å². The van der Waals surface area contributed by atoms with E-state index in [9.17, 15) is 9.90 Å². The number of allylic oxidation sites excluding steroid dienone is 3. The van der Waals surface area contributed by atoms with Crippen LogP contribution in [-0.2, 0) is 31.5 Å². The van der Waals surface area contributed by atoms with Crippen molar-refractivity contribution in [3.05, 3.63) is 105 Å². The fourth-order valence-corrected chi connectivity index (χ4v) is 4.50. The maximum Gasteiger partial charge on any atom is 0.341 e. The first-order valence-electron chi connectivity index (χ1n) is 10.5. The van der Waals surface area contributed by atoms with Gasteiger partial charge < -0.3 is 19.3 Å². The van der Waals surface area contributed by atoms with Gasteiger partial charge in [-0.1, -0.05) is 23.7 Å². The Balaban J connectivity index is 1.63.